The monoisotopic (exact) mass is 288 g/mol. The van der Waals surface area contributed by atoms with Crippen LogP contribution in [-0.2, 0) is 0 Å². The number of nitrogens with zero attached hydrogens (tertiary/aromatic N) is 1. The largest absolute Gasteiger partial charge is 0.315 e. The summed E-state index contributed by atoms with van der Waals surface area (Å²) in [5.74, 6) is 0.619. The second-order valence-corrected chi connectivity index (χ2v) is 6.28. The molecule has 0 bridgehead atoms. The van der Waals surface area contributed by atoms with Crippen molar-refractivity contribution in [3.8, 4) is 0 Å². The Morgan fingerprint density at radius 2 is 1.90 bits per heavy atom. The van der Waals surface area contributed by atoms with Gasteiger partial charge in [-0.15, -0.1) is 0 Å². The molecule has 0 amide bonds. The lowest BCUT2D eigenvalue weighted by Crippen LogP contribution is -2.38. The number of hydrazine groups is 1. The zero-order chi connectivity index (χ0) is 14.3. The van der Waals surface area contributed by atoms with E-state index >= 15 is 0 Å². The zero-order valence-electron chi connectivity index (χ0n) is 12.9. The standard InChI is InChI=1S/C17H28N4/c1-3-7-15(8-4-1)17-16(14-19-20-17)13-18-9-12-21-10-5-2-6-11-21/h1,3-4,7-8,16-20H,2,5-6,9-14H2. The summed E-state index contributed by atoms with van der Waals surface area (Å²) in [6.45, 7) is 7.01. The lowest BCUT2D eigenvalue weighted by atomic mass is 9.95. The maximum Gasteiger partial charge on any atom is 0.0515 e. The minimum Gasteiger partial charge on any atom is -0.315 e. The number of likely N-dealkylation sites (tertiary alicyclic amines) is 1. The molecule has 1 aromatic rings. The quantitative estimate of drug-likeness (QED) is 0.694. The maximum absolute atomic E-state index is 3.65. The first kappa shape index (κ1) is 15.0. The first-order valence-electron chi connectivity index (χ1n) is 8.40. The summed E-state index contributed by atoms with van der Waals surface area (Å²) < 4.78 is 0. The summed E-state index contributed by atoms with van der Waals surface area (Å²) in [5, 5.41) is 3.65. The van der Waals surface area contributed by atoms with Crippen molar-refractivity contribution in [2.24, 2.45) is 5.92 Å². The van der Waals surface area contributed by atoms with Crippen LogP contribution in [0.4, 0.5) is 0 Å². The van der Waals surface area contributed by atoms with E-state index in [1.165, 1.54) is 44.5 Å². The SMILES string of the molecule is c1ccc(C2NNCC2CNCCN2CCCCC2)cc1. The van der Waals surface area contributed by atoms with Crippen LogP contribution in [0.3, 0.4) is 0 Å². The Balaban J connectivity index is 1.40. The highest BCUT2D eigenvalue weighted by molar-refractivity contribution is 5.20. The molecular weight excluding hydrogens is 260 g/mol. The Morgan fingerprint density at radius 1 is 1.10 bits per heavy atom. The molecule has 2 atom stereocenters. The van der Waals surface area contributed by atoms with E-state index in [0.717, 1.165) is 19.6 Å². The van der Waals surface area contributed by atoms with Crippen LogP contribution >= 0.6 is 0 Å². The van der Waals surface area contributed by atoms with Crippen LogP contribution in [0.2, 0.25) is 0 Å². The Bertz CT molecular complexity index is 403. The third kappa shape index (κ3) is 4.27. The smallest absolute Gasteiger partial charge is 0.0515 e. The maximum atomic E-state index is 3.65. The molecule has 3 rings (SSSR count). The third-order valence-corrected chi connectivity index (χ3v) is 4.71. The van der Waals surface area contributed by atoms with Crippen LogP contribution in [0.25, 0.3) is 0 Å². The molecule has 4 nitrogen and oxygen atoms in total. The second-order valence-electron chi connectivity index (χ2n) is 6.28. The van der Waals surface area contributed by atoms with E-state index in [-0.39, 0.29) is 0 Å². The molecule has 21 heavy (non-hydrogen) atoms. The summed E-state index contributed by atoms with van der Waals surface area (Å²) in [7, 11) is 0. The molecule has 2 aliphatic heterocycles. The van der Waals surface area contributed by atoms with Gasteiger partial charge in [0.25, 0.3) is 0 Å². The summed E-state index contributed by atoms with van der Waals surface area (Å²) >= 11 is 0. The van der Waals surface area contributed by atoms with Gasteiger partial charge in [0, 0.05) is 32.1 Å². The van der Waals surface area contributed by atoms with Crippen LogP contribution in [0, 0.1) is 5.92 Å². The Kier molecular flexibility index (Phi) is 5.63. The first-order valence-corrected chi connectivity index (χ1v) is 8.40. The van der Waals surface area contributed by atoms with Gasteiger partial charge in [0.2, 0.25) is 0 Å². The van der Waals surface area contributed by atoms with Gasteiger partial charge in [0.1, 0.15) is 0 Å². The van der Waals surface area contributed by atoms with Gasteiger partial charge in [-0.05, 0) is 31.5 Å². The Labute approximate surface area is 128 Å². The van der Waals surface area contributed by atoms with Gasteiger partial charge in [-0.2, -0.15) is 0 Å². The number of benzene rings is 1. The molecule has 0 radical (unpaired) electrons. The van der Waals surface area contributed by atoms with Crippen molar-refractivity contribution in [2.75, 3.05) is 39.3 Å². The summed E-state index contributed by atoms with van der Waals surface area (Å²) in [6, 6.07) is 11.2. The lowest BCUT2D eigenvalue weighted by Gasteiger charge is -2.27. The van der Waals surface area contributed by atoms with Crippen LogP contribution < -0.4 is 16.2 Å². The molecule has 116 valence electrons. The van der Waals surface area contributed by atoms with E-state index in [9.17, 15) is 0 Å². The van der Waals surface area contributed by atoms with Crippen LogP contribution in [0.1, 0.15) is 30.9 Å². The highest BCUT2D eigenvalue weighted by Gasteiger charge is 2.27. The van der Waals surface area contributed by atoms with Crippen LogP contribution in [-0.4, -0.2) is 44.2 Å². The number of rotatable bonds is 6. The van der Waals surface area contributed by atoms with Crippen LogP contribution in [0.5, 0.6) is 0 Å². The molecule has 4 heteroatoms. The highest BCUT2D eigenvalue weighted by atomic mass is 15.4. The zero-order valence-corrected chi connectivity index (χ0v) is 12.9. The molecule has 0 spiro atoms. The minimum absolute atomic E-state index is 0.425. The average Bonchev–Trinajstić information content (AvgIpc) is 3.02. The van der Waals surface area contributed by atoms with E-state index in [1.807, 2.05) is 0 Å². The molecule has 2 fully saturated rings. The van der Waals surface area contributed by atoms with E-state index < -0.39 is 0 Å². The predicted octanol–water partition coefficient (Wildman–Crippen LogP) is 1.53. The number of hydrogen-bond acceptors (Lipinski definition) is 4. The summed E-state index contributed by atoms with van der Waals surface area (Å²) in [5.41, 5.74) is 8.10. The third-order valence-electron chi connectivity index (χ3n) is 4.71. The normalized spacial score (nSPS) is 27.0. The summed E-state index contributed by atoms with van der Waals surface area (Å²) in [4.78, 5) is 2.59. The molecule has 2 saturated heterocycles. The summed E-state index contributed by atoms with van der Waals surface area (Å²) in [6.07, 6.45) is 4.18. The van der Waals surface area contributed by atoms with Gasteiger partial charge in [0.05, 0.1) is 6.04 Å². The first-order chi connectivity index (χ1) is 10.4. The molecule has 0 aliphatic carbocycles. The van der Waals surface area contributed by atoms with Crippen molar-refractivity contribution in [3.63, 3.8) is 0 Å². The van der Waals surface area contributed by atoms with Crippen molar-refractivity contribution >= 4 is 0 Å². The van der Waals surface area contributed by atoms with E-state index in [4.69, 9.17) is 0 Å². The topological polar surface area (TPSA) is 39.3 Å². The van der Waals surface area contributed by atoms with Gasteiger partial charge in [-0.1, -0.05) is 36.8 Å². The van der Waals surface area contributed by atoms with E-state index in [0.29, 0.717) is 12.0 Å². The predicted molar refractivity (Wildman–Crippen MR) is 87.0 cm³/mol. The highest BCUT2D eigenvalue weighted by Crippen LogP contribution is 2.23. The second kappa shape index (κ2) is 7.90. The van der Waals surface area contributed by atoms with Gasteiger partial charge < -0.3 is 10.2 Å². The van der Waals surface area contributed by atoms with Crippen molar-refractivity contribution in [3.05, 3.63) is 35.9 Å². The Hall–Kier alpha value is -0.940. The van der Waals surface area contributed by atoms with Crippen molar-refractivity contribution < 1.29 is 0 Å². The van der Waals surface area contributed by atoms with Gasteiger partial charge in [-0.3, -0.25) is 5.43 Å². The van der Waals surface area contributed by atoms with Gasteiger partial charge in [-0.25, -0.2) is 5.43 Å². The number of piperidine rings is 1. The average molecular weight is 288 g/mol. The van der Waals surface area contributed by atoms with Gasteiger partial charge >= 0.3 is 0 Å². The number of hydrogen-bond donors (Lipinski definition) is 3. The van der Waals surface area contributed by atoms with Gasteiger partial charge in [0.15, 0.2) is 0 Å². The van der Waals surface area contributed by atoms with Crippen molar-refractivity contribution in [1.82, 2.24) is 21.1 Å². The molecular formula is C17H28N4. The van der Waals surface area contributed by atoms with Crippen molar-refractivity contribution in [1.29, 1.82) is 0 Å². The number of nitrogens with one attached hydrogen (secondary N) is 3. The van der Waals surface area contributed by atoms with Crippen molar-refractivity contribution in [2.45, 2.75) is 25.3 Å². The Morgan fingerprint density at radius 3 is 2.71 bits per heavy atom. The molecule has 2 unspecified atom stereocenters. The lowest BCUT2D eigenvalue weighted by molar-refractivity contribution is 0.227. The van der Waals surface area contributed by atoms with E-state index in [2.05, 4.69) is 51.4 Å². The molecule has 0 aromatic heterocycles. The fourth-order valence-corrected chi connectivity index (χ4v) is 3.45. The molecule has 3 N–H and O–H groups in total. The van der Waals surface area contributed by atoms with Crippen LogP contribution in [0.15, 0.2) is 30.3 Å². The molecule has 0 saturated carbocycles. The van der Waals surface area contributed by atoms with E-state index in [1.54, 1.807) is 0 Å². The molecule has 2 aliphatic rings. The fraction of sp³-hybridized carbons (Fsp3) is 0.647. The minimum atomic E-state index is 0.425. The molecule has 1 aromatic carbocycles. The molecule has 2 heterocycles. The fourth-order valence-electron chi connectivity index (χ4n) is 3.45.